The van der Waals surface area contributed by atoms with Crippen molar-refractivity contribution in [3.05, 3.63) is 42.5 Å². The third-order valence-corrected chi connectivity index (χ3v) is 5.63. The first-order valence-corrected chi connectivity index (χ1v) is 10.1. The molecular weight excluding hydrogens is 481 g/mol. The van der Waals surface area contributed by atoms with E-state index in [0.717, 1.165) is 49.0 Å². The molecule has 0 bridgehead atoms. The molecule has 29 heavy (non-hydrogen) atoms. The summed E-state index contributed by atoms with van der Waals surface area (Å²) in [5.74, 6) is 3.22. The largest absolute Gasteiger partial charge is 0.490 e. The maximum Gasteiger partial charge on any atom is 0.193 e. The molecule has 0 saturated carbocycles. The highest BCUT2D eigenvalue weighted by Crippen LogP contribution is 2.33. The van der Waals surface area contributed by atoms with E-state index in [9.17, 15) is 0 Å². The van der Waals surface area contributed by atoms with Crippen molar-refractivity contribution in [2.75, 3.05) is 33.4 Å². The van der Waals surface area contributed by atoms with Gasteiger partial charge in [-0.05, 0) is 18.4 Å². The molecule has 7 nitrogen and oxygen atoms in total. The van der Waals surface area contributed by atoms with Crippen molar-refractivity contribution in [2.45, 2.75) is 32.4 Å². The van der Waals surface area contributed by atoms with Crippen molar-refractivity contribution < 1.29 is 9.47 Å². The van der Waals surface area contributed by atoms with Crippen molar-refractivity contribution in [1.82, 2.24) is 19.8 Å². The van der Waals surface area contributed by atoms with E-state index < -0.39 is 0 Å². The molecule has 8 heteroatoms. The molecule has 2 aromatic rings. The fourth-order valence-electron chi connectivity index (χ4n) is 3.99. The first kappa shape index (κ1) is 21.7. The lowest BCUT2D eigenvalue weighted by Gasteiger charge is -2.39. The molecule has 0 aliphatic carbocycles. The second-order valence-electron chi connectivity index (χ2n) is 7.48. The molecule has 1 saturated heterocycles. The van der Waals surface area contributed by atoms with Crippen LogP contribution < -0.4 is 14.8 Å². The number of nitrogens with one attached hydrogen (secondary N) is 1. The van der Waals surface area contributed by atoms with Crippen molar-refractivity contribution in [3.63, 3.8) is 0 Å². The van der Waals surface area contributed by atoms with Crippen LogP contribution in [0.2, 0.25) is 0 Å². The summed E-state index contributed by atoms with van der Waals surface area (Å²) >= 11 is 0. The Morgan fingerprint density at radius 3 is 2.97 bits per heavy atom. The van der Waals surface area contributed by atoms with E-state index >= 15 is 0 Å². The number of guanidine groups is 1. The van der Waals surface area contributed by atoms with Crippen molar-refractivity contribution in [3.8, 4) is 11.5 Å². The lowest BCUT2D eigenvalue weighted by Crippen LogP contribution is -2.48. The molecular formula is C21H30IN5O2. The van der Waals surface area contributed by atoms with Crippen molar-refractivity contribution in [2.24, 2.45) is 10.9 Å². The minimum atomic E-state index is 0. The standard InChI is InChI=1S/C21H29N5O2.HI/c1-16-7-9-25(14-18(16)26-10-8-23-15-26)21(22-2)24-13-17-5-3-6-19-20(17)28-12-4-11-27-19;/h3,5-6,8,10,15-16,18H,4,7,9,11-14H2,1-2H3,(H,22,24);1H. The molecule has 1 fully saturated rings. The number of nitrogens with zero attached hydrogens (tertiary/aromatic N) is 4. The van der Waals surface area contributed by atoms with Crippen LogP contribution in [-0.2, 0) is 6.54 Å². The zero-order valence-corrected chi connectivity index (χ0v) is 19.4. The fourth-order valence-corrected chi connectivity index (χ4v) is 3.99. The van der Waals surface area contributed by atoms with Crippen LogP contribution >= 0.6 is 24.0 Å². The van der Waals surface area contributed by atoms with E-state index in [2.05, 4.69) is 43.9 Å². The summed E-state index contributed by atoms with van der Waals surface area (Å²) in [5.41, 5.74) is 1.09. The summed E-state index contributed by atoms with van der Waals surface area (Å²) in [5, 5.41) is 3.52. The van der Waals surface area contributed by atoms with Gasteiger partial charge >= 0.3 is 0 Å². The van der Waals surface area contributed by atoms with Gasteiger partial charge in [0.2, 0.25) is 0 Å². The third kappa shape index (κ3) is 4.96. The van der Waals surface area contributed by atoms with E-state index in [1.165, 1.54) is 0 Å². The lowest BCUT2D eigenvalue weighted by molar-refractivity contribution is 0.189. The van der Waals surface area contributed by atoms with Crippen LogP contribution in [0.25, 0.3) is 0 Å². The normalized spacial score (nSPS) is 21.9. The Bertz CT molecular complexity index is 811. The number of benzene rings is 1. The SMILES string of the molecule is CN=C(NCc1cccc2c1OCCCO2)N1CCC(C)C(n2ccnc2)C1.I. The number of rotatable bonds is 3. The van der Waals surface area contributed by atoms with Gasteiger partial charge in [-0.15, -0.1) is 24.0 Å². The van der Waals surface area contributed by atoms with Crippen LogP contribution in [0, 0.1) is 5.92 Å². The molecule has 4 rings (SSSR count). The summed E-state index contributed by atoms with van der Waals surface area (Å²) in [7, 11) is 1.84. The summed E-state index contributed by atoms with van der Waals surface area (Å²) in [6.07, 6.45) is 7.85. The lowest BCUT2D eigenvalue weighted by atomic mass is 9.93. The topological polar surface area (TPSA) is 63.9 Å². The highest BCUT2D eigenvalue weighted by Gasteiger charge is 2.29. The van der Waals surface area contributed by atoms with Gasteiger partial charge in [0.25, 0.3) is 0 Å². The van der Waals surface area contributed by atoms with Gasteiger partial charge in [-0.25, -0.2) is 4.98 Å². The van der Waals surface area contributed by atoms with Gasteiger partial charge in [0, 0.05) is 51.1 Å². The Morgan fingerprint density at radius 2 is 2.17 bits per heavy atom. The smallest absolute Gasteiger partial charge is 0.193 e. The number of ether oxygens (including phenoxy) is 2. The molecule has 2 aliphatic rings. The van der Waals surface area contributed by atoms with E-state index in [1.54, 1.807) is 0 Å². The van der Waals surface area contributed by atoms with E-state index in [-0.39, 0.29) is 24.0 Å². The van der Waals surface area contributed by atoms with E-state index in [0.29, 0.717) is 31.7 Å². The Kier molecular flexibility index (Phi) is 7.63. The quantitative estimate of drug-likeness (QED) is 0.389. The number of hydrogen-bond acceptors (Lipinski definition) is 4. The number of hydrogen-bond donors (Lipinski definition) is 1. The Morgan fingerprint density at radius 1 is 1.31 bits per heavy atom. The highest BCUT2D eigenvalue weighted by atomic mass is 127. The summed E-state index contributed by atoms with van der Waals surface area (Å²) < 4.78 is 14.0. The van der Waals surface area contributed by atoms with Gasteiger partial charge in [-0.1, -0.05) is 19.1 Å². The summed E-state index contributed by atoms with van der Waals surface area (Å²) in [4.78, 5) is 11.1. The number of imidazole rings is 1. The van der Waals surface area contributed by atoms with Crippen LogP contribution in [0.3, 0.4) is 0 Å². The predicted octanol–water partition coefficient (Wildman–Crippen LogP) is 3.32. The molecule has 0 spiro atoms. The first-order valence-electron chi connectivity index (χ1n) is 10.1. The Hall–Kier alpha value is -1.97. The van der Waals surface area contributed by atoms with Gasteiger partial charge in [0.15, 0.2) is 17.5 Å². The molecule has 1 aromatic heterocycles. The monoisotopic (exact) mass is 511 g/mol. The highest BCUT2D eigenvalue weighted by molar-refractivity contribution is 14.0. The first-order chi connectivity index (χ1) is 13.8. The van der Waals surface area contributed by atoms with Crippen molar-refractivity contribution >= 4 is 29.9 Å². The molecule has 0 radical (unpaired) electrons. The minimum Gasteiger partial charge on any atom is -0.490 e. The number of fused-ring (bicyclic) bond motifs is 1. The number of para-hydroxylation sites is 1. The zero-order valence-electron chi connectivity index (χ0n) is 17.1. The Labute approximate surface area is 189 Å². The van der Waals surface area contributed by atoms with E-state index in [1.807, 2.05) is 31.7 Å². The van der Waals surface area contributed by atoms with Gasteiger partial charge in [0.05, 0.1) is 25.6 Å². The molecule has 1 N–H and O–H groups in total. The molecule has 3 heterocycles. The van der Waals surface area contributed by atoms with Gasteiger partial charge in [0.1, 0.15) is 0 Å². The van der Waals surface area contributed by atoms with Crippen LogP contribution in [-0.4, -0.2) is 53.8 Å². The molecule has 2 unspecified atom stereocenters. The number of likely N-dealkylation sites (tertiary alicyclic amines) is 1. The van der Waals surface area contributed by atoms with Gasteiger partial charge in [-0.3, -0.25) is 4.99 Å². The summed E-state index contributed by atoms with van der Waals surface area (Å²) in [6.45, 7) is 6.28. The molecule has 1 aromatic carbocycles. The maximum absolute atomic E-state index is 5.94. The maximum atomic E-state index is 5.94. The predicted molar refractivity (Wildman–Crippen MR) is 124 cm³/mol. The van der Waals surface area contributed by atoms with Crippen LogP contribution in [0.4, 0.5) is 0 Å². The zero-order chi connectivity index (χ0) is 19.3. The minimum absolute atomic E-state index is 0. The molecule has 158 valence electrons. The van der Waals surface area contributed by atoms with Gasteiger partial charge < -0.3 is 24.3 Å². The van der Waals surface area contributed by atoms with Crippen LogP contribution in [0.5, 0.6) is 11.5 Å². The van der Waals surface area contributed by atoms with Crippen LogP contribution in [0.15, 0.2) is 41.9 Å². The number of piperidine rings is 1. The van der Waals surface area contributed by atoms with Crippen molar-refractivity contribution in [1.29, 1.82) is 0 Å². The number of halogens is 1. The second-order valence-corrected chi connectivity index (χ2v) is 7.48. The fraction of sp³-hybridized carbons (Fsp3) is 0.524. The van der Waals surface area contributed by atoms with Crippen LogP contribution in [0.1, 0.15) is 31.4 Å². The second kappa shape index (κ2) is 10.2. The number of aliphatic imine (C=N–C) groups is 1. The average molecular weight is 511 g/mol. The van der Waals surface area contributed by atoms with Gasteiger partial charge in [-0.2, -0.15) is 0 Å². The summed E-state index contributed by atoms with van der Waals surface area (Å²) in [6, 6.07) is 6.48. The number of aromatic nitrogens is 2. The third-order valence-electron chi connectivity index (χ3n) is 5.63. The Balaban J connectivity index is 0.00000240. The molecule has 2 aliphatic heterocycles. The van der Waals surface area contributed by atoms with E-state index in [4.69, 9.17) is 9.47 Å². The molecule has 0 amide bonds. The molecule has 2 atom stereocenters. The average Bonchev–Trinajstić information content (AvgIpc) is 3.14.